The summed E-state index contributed by atoms with van der Waals surface area (Å²) in [5, 5.41) is 6.49. The van der Waals surface area contributed by atoms with Crippen molar-refractivity contribution >= 4 is 42.1 Å². The molecule has 136 valence electrons. The largest absolute Gasteiger partial charge is 0.370 e. The normalized spacial score (nSPS) is 20.0. The zero-order valence-electron chi connectivity index (χ0n) is 14.1. The minimum atomic E-state index is 0. The van der Waals surface area contributed by atoms with Gasteiger partial charge in [0.2, 0.25) is 5.91 Å². The van der Waals surface area contributed by atoms with Gasteiger partial charge in [-0.3, -0.25) is 4.79 Å². The zero-order valence-corrected chi connectivity index (χ0v) is 15.8. The van der Waals surface area contributed by atoms with Crippen molar-refractivity contribution in [3.05, 3.63) is 24.3 Å². The Morgan fingerprint density at radius 1 is 1.17 bits per heavy atom. The molecule has 0 spiro atoms. The first-order valence-electron chi connectivity index (χ1n) is 8.67. The number of amides is 1. The van der Waals surface area contributed by atoms with E-state index in [1.165, 1.54) is 31.4 Å². The van der Waals surface area contributed by atoms with Gasteiger partial charge in [0.15, 0.2) is 0 Å². The Bertz CT molecular complexity index is 501. The number of piperidine rings is 1. The maximum atomic E-state index is 12.3. The number of para-hydroxylation sites is 2. The third-order valence-corrected chi connectivity index (χ3v) is 4.82. The fourth-order valence-corrected chi connectivity index (χ4v) is 3.50. The van der Waals surface area contributed by atoms with Gasteiger partial charge >= 0.3 is 0 Å². The summed E-state index contributed by atoms with van der Waals surface area (Å²) in [4.78, 5) is 14.7. The number of nitrogens with zero attached hydrogens (tertiary/aromatic N) is 1. The number of benzene rings is 1. The Balaban J connectivity index is 0.00000144. The van der Waals surface area contributed by atoms with Crippen LogP contribution < -0.4 is 15.5 Å². The Labute approximate surface area is 157 Å². The van der Waals surface area contributed by atoms with Crippen LogP contribution in [0.5, 0.6) is 0 Å². The highest BCUT2D eigenvalue weighted by Crippen LogP contribution is 2.28. The summed E-state index contributed by atoms with van der Waals surface area (Å²) in [6.45, 7) is 4.36. The topological polar surface area (TPSA) is 44.4 Å². The number of carbonyl (C=O) groups is 1. The molecule has 0 radical (unpaired) electrons. The lowest BCUT2D eigenvalue weighted by molar-refractivity contribution is -0.116. The van der Waals surface area contributed by atoms with Crippen molar-refractivity contribution in [2.45, 2.75) is 38.5 Å². The summed E-state index contributed by atoms with van der Waals surface area (Å²) >= 11 is 0. The van der Waals surface area contributed by atoms with E-state index in [2.05, 4.69) is 27.7 Å². The molecule has 1 amide bonds. The van der Waals surface area contributed by atoms with Gasteiger partial charge in [-0.25, -0.2) is 0 Å². The van der Waals surface area contributed by atoms with E-state index in [-0.39, 0.29) is 30.7 Å². The van der Waals surface area contributed by atoms with Gasteiger partial charge in [-0.15, -0.1) is 24.8 Å². The van der Waals surface area contributed by atoms with E-state index in [0.717, 1.165) is 38.3 Å². The van der Waals surface area contributed by atoms with Crippen LogP contribution >= 0.6 is 24.8 Å². The summed E-state index contributed by atoms with van der Waals surface area (Å²) in [5.74, 6) is 0.819. The molecule has 6 heteroatoms. The molecule has 2 heterocycles. The Kier molecular flexibility index (Phi) is 9.49. The molecule has 1 aromatic rings. The molecule has 2 saturated heterocycles. The number of halogens is 2. The van der Waals surface area contributed by atoms with Crippen LogP contribution in [0.2, 0.25) is 0 Å². The summed E-state index contributed by atoms with van der Waals surface area (Å²) in [6.07, 6.45) is 6.64. The molecule has 1 unspecified atom stereocenters. The third kappa shape index (κ3) is 5.83. The molecule has 0 saturated carbocycles. The molecular weight excluding hydrogens is 345 g/mol. The van der Waals surface area contributed by atoms with Crippen LogP contribution in [0.15, 0.2) is 24.3 Å². The van der Waals surface area contributed by atoms with Crippen LogP contribution in [0.4, 0.5) is 11.4 Å². The van der Waals surface area contributed by atoms with E-state index >= 15 is 0 Å². The average Bonchev–Trinajstić information content (AvgIpc) is 3.08. The average molecular weight is 374 g/mol. The van der Waals surface area contributed by atoms with Gasteiger partial charge in [-0.2, -0.15) is 0 Å². The fourth-order valence-electron chi connectivity index (χ4n) is 3.50. The van der Waals surface area contributed by atoms with Crippen molar-refractivity contribution in [3.8, 4) is 0 Å². The lowest BCUT2D eigenvalue weighted by Crippen LogP contribution is -2.30. The Morgan fingerprint density at radius 2 is 1.92 bits per heavy atom. The minimum absolute atomic E-state index is 0. The zero-order chi connectivity index (χ0) is 15.2. The number of carbonyl (C=O) groups excluding carboxylic acids is 1. The number of rotatable bonds is 5. The minimum Gasteiger partial charge on any atom is -0.370 e. The fraction of sp³-hybridized carbons (Fsp3) is 0.611. The van der Waals surface area contributed by atoms with Crippen LogP contribution in [0.25, 0.3) is 0 Å². The Morgan fingerprint density at radius 3 is 2.62 bits per heavy atom. The second-order valence-corrected chi connectivity index (χ2v) is 6.51. The van der Waals surface area contributed by atoms with Gasteiger partial charge in [0, 0.05) is 19.5 Å². The molecule has 4 nitrogen and oxygen atoms in total. The predicted molar refractivity (Wildman–Crippen MR) is 106 cm³/mol. The lowest BCUT2D eigenvalue weighted by Gasteiger charge is -2.30. The van der Waals surface area contributed by atoms with Crippen molar-refractivity contribution in [1.29, 1.82) is 0 Å². The van der Waals surface area contributed by atoms with Crippen LogP contribution in [-0.4, -0.2) is 32.1 Å². The first-order chi connectivity index (χ1) is 10.8. The van der Waals surface area contributed by atoms with Crippen molar-refractivity contribution in [3.63, 3.8) is 0 Å². The molecule has 3 rings (SSSR count). The van der Waals surface area contributed by atoms with Crippen molar-refractivity contribution in [1.82, 2.24) is 5.32 Å². The number of nitrogens with one attached hydrogen (secondary N) is 2. The van der Waals surface area contributed by atoms with Gasteiger partial charge < -0.3 is 15.5 Å². The molecular formula is C18H29Cl2N3O. The third-order valence-electron chi connectivity index (χ3n) is 4.82. The van der Waals surface area contributed by atoms with E-state index in [4.69, 9.17) is 0 Å². The summed E-state index contributed by atoms with van der Waals surface area (Å²) < 4.78 is 0. The van der Waals surface area contributed by atoms with E-state index in [0.29, 0.717) is 12.3 Å². The number of hydrogen-bond acceptors (Lipinski definition) is 3. The van der Waals surface area contributed by atoms with Crippen LogP contribution in [-0.2, 0) is 4.79 Å². The van der Waals surface area contributed by atoms with Gasteiger partial charge in [-0.1, -0.05) is 12.1 Å². The van der Waals surface area contributed by atoms with E-state index < -0.39 is 0 Å². The highest BCUT2D eigenvalue weighted by atomic mass is 35.5. The molecule has 2 N–H and O–H groups in total. The van der Waals surface area contributed by atoms with E-state index in [1.54, 1.807) is 0 Å². The van der Waals surface area contributed by atoms with Gasteiger partial charge in [0.05, 0.1) is 11.4 Å². The summed E-state index contributed by atoms with van der Waals surface area (Å²) in [7, 11) is 0. The lowest BCUT2D eigenvalue weighted by atomic mass is 10.0. The molecule has 24 heavy (non-hydrogen) atoms. The molecule has 0 aromatic heterocycles. The van der Waals surface area contributed by atoms with Crippen molar-refractivity contribution in [2.75, 3.05) is 36.4 Å². The quantitative estimate of drug-likeness (QED) is 0.823. The maximum Gasteiger partial charge on any atom is 0.224 e. The van der Waals surface area contributed by atoms with Gasteiger partial charge in [0.25, 0.3) is 0 Å². The van der Waals surface area contributed by atoms with Crippen molar-refractivity contribution in [2.24, 2.45) is 5.92 Å². The standard InChI is InChI=1S/C18H27N3O.2ClH/c22-18(9-8-15-10-11-19-14-15)20-16-6-2-3-7-17(16)21-12-4-1-5-13-21;;/h2-3,6-7,15,19H,1,4-5,8-14H2,(H,20,22);2*1H. The summed E-state index contributed by atoms with van der Waals surface area (Å²) in [5.41, 5.74) is 2.15. The first-order valence-corrected chi connectivity index (χ1v) is 8.67. The van der Waals surface area contributed by atoms with Crippen LogP contribution in [0.3, 0.4) is 0 Å². The smallest absolute Gasteiger partial charge is 0.224 e. The predicted octanol–water partition coefficient (Wildman–Crippen LogP) is 3.85. The molecule has 1 aromatic carbocycles. The highest BCUT2D eigenvalue weighted by Gasteiger charge is 2.18. The number of hydrogen-bond donors (Lipinski definition) is 2. The maximum absolute atomic E-state index is 12.3. The van der Waals surface area contributed by atoms with Gasteiger partial charge in [-0.05, 0) is 63.2 Å². The monoisotopic (exact) mass is 373 g/mol. The molecule has 2 fully saturated rings. The second-order valence-electron chi connectivity index (χ2n) is 6.51. The van der Waals surface area contributed by atoms with E-state index in [9.17, 15) is 4.79 Å². The molecule has 2 aliphatic rings. The second kappa shape index (κ2) is 10.8. The number of anilines is 2. The van der Waals surface area contributed by atoms with Crippen molar-refractivity contribution < 1.29 is 4.79 Å². The molecule has 0 bridgehead atoms. The first kappa shape index (κ1) is 21.1. The molecule has 2 aliphatic heterocycles. The molecule has 1 atom stereocenters. The SMILES string of the molecule is Cl.Cl.O=C(CCC1CCNC1)Nc1ccccc1N1CCCCC1. The van der Waals surface area contributed by atoms with E-state index in [1.807, 2.05) is 12.1 Å². The molecule has 0 aliphatic carbocycles. The Hall–Kier alpha value is -0.970. The summed E-state index contributed by atoms with van der Waals surface area (Å²) in [6, 6.07) is 8.22. The highest BCUT2D eigenvalue weighted by molar-refractivity contribution is 5.94. The van der Waals surface area contributed by atoms with Crippen LogP contribution in [0, 0.1) is 5.92 Å². The van der Waals surface area contributed by atoms with Gasteiger partial charge in [0.1, 0.15) is 0 Å². The van der Waals surface area contributed by atoms with Crippen LogP contribution in [0.1, 0.15) is 38.5 Å².